The van der Waals surface area contributed by atoms with E-state index in [4.69, 9.17) is 0 Å². The van der Waals surface area contributed by atoms with Crippen molar-refractivity contribution in [2.24, 2.45) is 11.3 Å². The van der Waals surface area contributed by atoms with Crippen LogP contribution in [0.4, 0.5) is 0 Å². The summed E-state index contributed by atoms with van der Waals surface area (Å²) in [5.74, 6) is 0.984. The Morgan fingerprint density at radius 1 is 1.43 bits per heavy atom. The van der Waals surface area contributed by atoms with Crippen LogP contribution in [-0.2, 0) is 4.79 Å². The van der Waals surface area contributed by atoms with Gasteiger partial charge >= 0.3 is 0 Å². The molecule has 0 aromatic heterocycles. The molecule has 0 radical (unpaired) electrons. The maximum atomic E-state index is 11.5. The molecule has 78 valence electrons. The van der Waals surface area contributed by atoms with Gasteiger partial charge in [-0.15, -0.1) is 0 Å². The minimum absolute atomic E-state index is 0.408. The lowest BCUT2D eigenvalue weighted by atomic mass is 9.59. The van der Waals surface area contributed by atoms with Crippen molar-refractivity contribution in [2.75, 3.05) is 0 Å². The fraction of sp³-hybridized carbons (Fsp3) is 0.750. The van der Waals surface area contributed by atoms with Crippen molar-refractivity contribution >= 4 is 21.7 Å². The average Bonchev–Trinajstić information content (AvgIpc) is 2.18. The van der Waals surface area contributed by atoms with Gasteiger partial charge in [0, 0.05) is 12.8 Å². The second kappa shape index (κ2) is 3.80. The van der Waals surface area contributed by atoms with Gasteiger partial charge in [0.25, 0.3) is 0 Å². The maximum Gasteiger partial charge on any atom is 0.133 e. The highest BCUT2D eigenvalue weighted by Gasteiger charge is 2.42. The topological polar surface area (TPSA) is 17.1 Å². The Hall–Kier alpha value is -0.110. The van der Waals surface area contributed by atoms with E-state index in [1.165, 1.54) is 24.8 Å². The van der Waals surface area contributed by atoms with E-state index in [1.54, 1.807) is 0 Å². The van der Waals surface area contributed by atoms with Gasteiger partial charge in [0.2, 0.25) is 0 Å². The quantitative estimate of drug-likeness (QED) is 0.644. The maximum absolute atomic E-state index is 11.5. The van der Waals surface area contributed by atoms with Crippen LogP contribution < -0.4 is 0 Å². The first kappa shape index (κ1) is 10.4. The third-order valence-electron chi connectivity index (χ3n) is 4.05. The van der Waals surface area contributed by atoms with Crippen molar-refractivity contribution in [2.45, 2.75) is 45.4 Å². The van der Waals surface area contributed by atoms with Crippen LogP contribution in [0.15, 0.2) is 10.6 Å². The van der Waals surface area contributed by atoms with E-state index in [9.17, 15) is 4.79 Å². The number of hydrogen-bond acceptors (Lipinski definition) is 1. The molecule has 2 heteroatoms. The molecular weight excluding hydrogens is 240 g/mol. The van der Waals surface area contributed by atoms with Crippen LogP contribution in [0.25, 0.3) is 0 Å². The summed E-state index contributed by atoms with van der Waals surface area (Å²) in [7, 11) is 0. The molecular formula is C12H17BrO. The SMILES string of the molecule is C[C@]12CCC/C(=C\Br)C1CC(=O)CC2. The first-order valence-electron chi connectivity index (χ1n) is 5.46. The van der Waals surface area contributed by atoms with Gasteiger partial charge in [0.1, 0.15) is 5.78 Å². The fourth-order valence-electron chi connectivity index (χ4n) is 3.05. The summed E-state index contributed by atoms with van der Waals surface area (Å²) in [4.78, 5) is 13.5. The zero-order valence-electron chi connectivity index (χ0n) is 8.68. The lowest BCUT2D eigenvalue weighted by Crippen LogP contribution is -2.38. The third-order valence-corrected chi connectivity index (χ3v) is 4.64. The molecule has 1 unspecified atom stereocenters. The van der Waals surface area contributed by atoms with E-state index in [1.807, 2.05) is 0 Å². The van der Waals surface area contributed by atoms with Gasteiger partial charge in [-0.25, -0.2) is 0 Å². The highest BCUT2D eigenvalue weighted by Crippen LogP contribution is 2.51. The number of carbonyl (C=O) groups is 1. The predicted octanol–water partition coefficient (Wildman–Crippen LogP) is 3.82. The molecule has 2 rings (SSSR count). The second-order valence-electron chi connectivity index (χ2n) is 4.99. The molecule has 2 aliphatic rings. The molecule has 0 aromatic carbocycles. The van der Waals surface area contributed by atoms with Gasteiger partial charge in [0.05, 0.1) is 0 Å². The first-order chi connectivity index (χ1) is 6.65. The van der Waals surface area contributed by atoms with Gasteiger partial charge in [-0.3, -0.25) is 4.79 Å². The number of hydrogen-bond donors (Lipinski definition) is 0. The summed E-state index contributed by atoms with van der Waals surface area (Å²) < 4.78 is 0. The van der Waals surface area contributed by atoms with Gasteiger partial charge in [0.15, 0.2) is 0 Å². The molecule has 0 aliphatic heterocycles. The number of fused-ring (bicyclic) bond motifs is 1. The minimum atomic E-state index is 0.408. The van der Waals surface area contributed by atoms with E-state index >= 15 is 0 Å². The largest absolute Gasteiger partial charge is 0.300 e. The first-order valence-corrected chi connectivity index (χ1v) is 6.38. The van der Waals surface area contributed by atoms with Crippen LogP contribution in [0.3, 0.4) is 0 Å². The van der Waals surface area contributed by atoms with Crippen LogP contribution in [-0.4, -0.2) is 5.78 Å². The van der Waals surface area contributed by atoms with Crippen LogP contribution in [0.1, 0.15) is 45.4 Å². The van der Waals surface area contributed by atoms with Crippen LogP contribution >= 0.6 is 15.9 Å². The molecule has 0 bridgehead atoms. The fourth-order valence-corrected chi connectivity index (χ4v) is 3.60. The molecule has 0 N–H and O–H groups in total. The van der Waals surface area contributed by atoms with E-state index in [2.05, 4.69) is 27.8 Å². The summed E-state index contributed by atoms with van der Waals surface area (Å²) in [5, 5.41) is 0. The number of carbonyl (C=O) groups excluding carboxylic acids is 1. The van der Waals surface area contributed by atoms with Crippen molar-refractivity contribution < 1.29 is 4.79 Å². The summed E-state index contributed by atoms with van der Waals surface area (Å²) in [6, 6.07) is 0. The Labute approximate surface area is 94.1 Å². The molecule has 0 heterocycles. The van der Waals surface area contributed by atoms with Gasteiger partial charge in [-0.1, -0.05) is 28.4 Å². The average molecular weight is 257 g/mol. The number of rotatable bonds is 0. The molecule has 0 aromatic rings. The molecule has 1 nitrogen and oxygen atoms in total. The predicted molar refractivity (Wildman–Crippen MR) is 61.3 cm³/mol. The smallest absolute Gasteiger partial charge is 0.133 e. The van der Waals surface area contributed by atoms with Crippen LogP contribution in [0, 0.1) is 11.3 Å². The van der Waals surface area contributed by atoms with E-state index in [0.29, 0.717) is 17.1 Å². The molecule has 2 fully saturated rings. The standard InChI is InChI=1S/C12H17BrO/c1-12-5-2-3-9(8-13)11(12)7-10(14)4-6-12/h8,11H,2-7H2,1H3/b9-8+/t11?,12-/m1/s1. The van der Waals surface area contributed by atoms with Crippen LogP contribution in [0.2, 0.25) is 0 Å². The Balaban J connectivity index is 2.26. The Morgan fingerprint density at radius 3 is 2.93 bits per heavy atom. The monoisotopic (exact) mass is 256 g/mol. The van der Waals surface area contributed by atoms with Crippen molar-refractivity contribution in [3.8, 4) is 0 Å². The normalized spacial score (nSPS) is 41.1. The Kier molecular flexibility index (Phi) is 2.83. The zero-order valence-corrected chi connectivity index (χ0v) is 10.3. The van der Waals surface area contributed by atoms with Gasteiger partial charge in [-0.05, 0) is 42.0 Å². The van der Waals surface area contributed by atoms with Crippen LogP contribution in [0.5, 0.6) is 0 Å². The number of Topliss-reactive ketones (excluding diaryl/α,β-unsaturated/α-hetero) is 1. The summed E-state index contributed by atoms with van der Waals surface area (Å²) in [6.45, 7) is 2.36. The molecule has 0 saturated heterocycles. The lowest BCUT2D eigenvalue weighted by molar-refractivity contribution is -0.124. The summed E-state index contributed by atoms with van der Waals surface area (Å²) >= 11 is 3.44. The molecule has 0 amide bonds. The second-order valence-corrected chi connectivity index (χ2v) is 5.44. The van der Waals surface area contributed by atoms with E-state index in [0.717, 1.165) is 19.3 Å². The molecule has 2 saturated carbocycles. The van der Waals surface area contributed by atoms with Crippen molar-refractivity contribution in [1.82, 2.24) is 0 Å². The van der Waals surface area contributed by atoms with Gasteiger partial charge in [-0.2, -0.15) is 0 Å². The molecule has 14 heavy (non-hydrogen) atoms. The van der Waals surface area contributed by atoms with Gasteiger partial charge < -0.3 is 0 Å². The highest BCUT2D eigenvalue weighted by molar-refractivity contribution is 9.11. The third kappa shape index (κ3) is 1.69. The van der Waals surface area contributed by atoms with E-state index < -0.39 is 0 Å². The zero-order chi connectivity index (χ0) is 10.2. The Morgan fingerprint density at radius 2 is 2.21 bits per heavy atom. The molecule has 2 aliphatic carbocycles. The lowest BCUT2D eigenvalue weighted by Gasteiger charge is -2.45. The number of halogens is 1. The number of ketones is 1. The van der Waals surface area contributed by atoms with Crippen molar-refractivity contribution in [1.29, 1.82) is 0 Å². The molecule has 0 spiro atoms. The van der Waals surface area contributed by atoms with Crippen molar-refractivity contribution in [3.63, 3.8) is 0 Å². The summed E-state index contributed by atoms with van der Waals surface area (Å²) in [6.07, 6.45) is 6.46. The summed E-state index contributed by atoms with van der Waals surface area (Å²) in [5.41, 5.74) is 1.87. The minimum Gasteiger partial charge on any atom is -0.300 e. The van der Waals surface area contributed by atoms with Crippen molar-refractivity contribution in [3.05, 3.63) is 10.6 Å². The highest BCUT2D eigenvalue weighted by atomic mass is 79.9. The van der Waals surface area contributed by atoms with E-state index in [-0.39, 0.29) is 0 Å². The molecule has 2 atom stereocenters. The Bertz CT molecular complexity index is 282. The number of allylic oxidation sites excluding steroid dienone is 1.